The Hall–Kier alpha value is -0.920. The maximum absolute atomic E-state index is 12.0. The van der Waals surface area contributed by atoms with Crippen LogP contribution in [-0.4, -0.2) is 48.2 Å². The summed E-state index contributed by atoms with van der Waals surface area (Å²) in [4.78, 5) is 7.27. The van der Waals surface area contributed by atoms with Crippen molar-refractivity contribution in [2.24, 2.45) is 0 Å². The normalized spacial score (nSPS) is 22.8. The zero-order chi connectivity index (χ0) is 12.5. The third kappa shape index (κ3) is 2.51. The fraction of sp³-hybridized carbons (Fsp3) is 0.700. The number of rotatable bonds is 3. The van der Waals surface area contributed by atoms with Crippen LogP contribution in [-0.2, 0) is 14.8 Å². The fourth-order valence-electron chi connectivity index (χ4n) is 1.90. The second-order valence-corrected chi connectivity index (χ2v) is 6.26. The number of hydrogen-bond donors (Lipinski definition) is 1. The van der Waals surface area contributed by atoms with Gasteiger partial charge in [-0.25, -0.2) is 13.4 Å². The maximum Gasteiger partial charge on any atom is 0.214 e. The van der Waals surface area contributed by atoms with Crippen molar-refractivity contribution in [2.75, 3.05) is 25.5 Å². The van der Waals surface area contributed by atoms with Gasteiger partial charge in [0.05, 0.1) is 19.0 Å². The second-order valence-electron chi connectivity index (χ2n) is 4.05. The van der Waals surface area contributed by atoms with Gasteiger partial charge in [-0.1, -0.05) is 0 Å². The molecule has 0 aliphatic carbocycles. The molecule has 0 radical (unpaired) electrons. The summed E-state index contributed by atoms with van der Waals surface area (Å²) in [5.41, 5.74) is 0.916. The van der Waals surface area contributed by atoms with Crippen molar-refractivity contribution < 1.29 is 13.2 Å². The van der Waals surface area contributed by atoms with Gasteiger partial charge in [0, 0.05) is 18.4 Å². The number of imidazole rings is 1. The number of sulfonamides is 1. The molecule has 7 heteroatoms. The summed E-state index contributed by atoms with van der Waals surface area (Å²) in [6.07, 6.45) is 1.70. The first-order valence-electron chi connectivity index (χ1n) is 5.63. The highest BCUT2D eigenvalue weighted by atomic mass is 32.2. The minimum absolute atomic E-state index is 0.100. The molecule has 1 aliphatic rings. The molecule has 6 nitrogen and oxygen atoms in total. The molecular formula is C10H17N3O3S. The molecule has 96 valence electrons. The number of morpholine rings is 1. The van der Waals surface area contributed by atoms with Crippen molar-refractivity contribution in [1.82, 2.24) is 14.3 Å². The Balaban J connectivity index is 2.30. The van der Waals surface area contributed by atoms with Gasteiger partial charge in [0.15, 0.2) is 0 Å². The molecule has 17 heavy (non-hydrogen) atoms. The first kappa shape index (κ1) is 12.5. The molecule has 0 saturated carbocycles. The summed E-state index contributed by atoms with van der Waals surface area (Å²) < 4.78 is 30.8. The van der Waals surface area contributed by atoms with E-state index in [2.05, 4.69) is 9.97 Å². The third-order valence-corrected chi connectivity index (χ3v) is 4.72. The summed E-state index contributed by atoms with van der Waals surface area (Å²) in [7, 11) is -3.22. The highest BCUT2D eigenvalue weighted by Crippen LogP contribution is 2.24. The van der Waals surface area contributed by atoms with Crippen molar-refractivity contribution in [3.8, 4) is 0 Å². The van der Waals surface area contributed by atoms with Crippen LogP contribution < -0.4 is 0 Å². The van der Waals surface area contributed by atoms with Crippen LogP contribution in [0.5, 0.6) is 0 Å². The summed E-state index contributed by atoms with van der Waals surface area (Å²) in [6.45, 7) is 4.72. The number of aromatic nitrogens is 2. The standard InChI is InChI=1S/C10H17N3O3S/c1-3-17(14,15)13-4-5-16-7-9(13)10-11-6-8(2)12-10/h6,9H,3-5,7H2,1-2H3,(H,11,12)/t9-/m1/s1. The van der Waals surface area contributed by atoms with Crippen LogP contribution in [0.3, 0.4) is 0 Å². The van der Waals surface area contributed by atoms with E-state index < -0.39 is 10.0 Å². The average molecular weight is 259 g/mol. The Morgan fingerprint density at radius 2 is 2.41 bits per heavy atom. The number of hydrogen-bond acceptors (Lipinski definition) is 4. The molecular weight excluding hydrogens is 242 g/mol. The summed E-state index contributed by atoms with van der Waals surface area (Å²) in [6, 6.07) is -0.331. The van der Waals surface area contributed by atoms with Crippen molar-refractivity contribution in [3.63, 3.8) is 0 Å². The minimum atomic E-state index is -3.22. The summed E-state index contributed by atoms with van der Waals surface area (Å²) in [5.74, 6) is 0.752. The van der Waals surface area contributed by atoms with Crippen LogP contribution in [0.4, 0.5) is 0 Å². The summed E-state index contributed by atoms with van der Waals surface area (Å²) >= 11 is 0. The Bertz CT molecular complexity index is 483. The van der Waals surface area contributed by atoms with Crippen LogP contribution >= 0.6 is 0 Å². The van der Waals surface area contributed by atoms with E-state index in [1.54, 1.807) is 13.1 Å². The van der Waals surface area contributed by atoms with Crippen molar-refractivity contribution in [1.29, 1.82) is 0 Å². The third-order valence-electron chi connectivity index (χ3n) is 2.84. The lowest BCUT2D eigenvalue weighted by atomic mass is 10.2. The predicted molar refractivity (Wildman–Crippen MR) is 63.1 cm³/mol. The molecule has 2 heterocycles. The van der Waals surface area contributed by atoms with Gasteiger partial charge in [0.2, 0.25) is 10.0 Å². The molecule has 0 bridgehead atoms. The van der Waals surface area contributed by atoms with Gasteiger partial charge in [0.25, 0.3) is 0 Å². The van der Waals surface area contributed by atoms with E-state index in [9.17, 15) is 8.42 Å². The van der Waals surface area contributed by atoms with Crippen LogP contribution in [0.15, 0.2) is 6.20 Å². The van der Waals surface area contributed by atoms with Gasteiger partial charge in [-0.3, -0.25) is 0 Å². The SMILES string of the molecule is CCS(=O)(=O)N1CCOC[C@@H]1c1ncc(C)[nH]1. The number of nitrogens with one attached hydrogen (secondary N) is 1. The van der Waals surface area contributed by atoms with Crippen LogP contribution in [0.1, 0.15) is 24.5 Å². The fourth-order valence-corrected chi connectivity index (χ4v) is 3.14. The highest BCUT2D eigenvalue weighted by Gasteiger charge is 2.34. The lowest BCUT2D eigenvalue weighted by molar-refractivity contribution is 0.0293. The topological polar surface area (TPSA) is 75.3 Å². The van der Waals surface area contributed by atoms with Crippen molar-refractivity contribution in [2.45, 2.75) is 19.9 Å². The van der Waals surface area contributed by atoms with Gasteiger partial charge < -0.3 is 9.72 Å². The number of ether oxygens (including phenoxy) is 1. The van der Waals surface area contributed by atoms with Crippen LogP contribution in [0, 0.1) is 6.92 Å². The first-order chi connectivity index (χ1) is 8.04. The Morgan fingerprint density at radius 3 is 3.00 bits per heavy atom. The molecule has 1 fully saturated rings. The van der Waals surface area contributed by atoms with E-state index in [0.29, 0.717) is 25.6 Å². The molecule has 1 aromatic heterocycles. The van der Waals surface area contributed by atoms with Gasteiger partial charge in [0.1, 0.15) is 11.9 Å². The number of aryl methyl sites for hydroxylation is 1. The van der Waals surface area contributed by atoms with Crippen LogP contribution in [0.25, 0.3) is 0 Å². The van der Waals surface area contributed by atoms with E-state index in [1.165, 1.54) is 4.31 Å². The lowest BCUT2D eigenvalue weighted by Gasteiger charge is -2.33. The van der Waals surface area contributed by atoms with Crippen molar-refractivity contribution in [3.05, 3.63) is 17.7 Å². The Kier molecular flexibility index (Phi) is 3.50. The molecule has 1 atom stereocenters. The highest BCUT2D eigenvalue weighted by molar-refractivity contribution is 7.89. The number of nitrogens with zero attached hydrogens (tertiary/aromatic N) is 2. The van der Waals surface area contributed by atoms with E-state index in [-0.39, 0.29) is 11.8 Å². The van der Waals surface area contributed by atoms with Crippen molar-refractivity contribution >= 4 is 10.0 Å². The van der Waals surface area contributed by atoms with Gasteiger partial charge in [-0.15, -0.1) is 0 Å². The number of aromatic amines is 1. The molecule has 0 amide bonds. The average Bonchev–Trinajstić information content (AvgIpc) is 2.76. The molecule has 1 aromatic rings. The zero-order valence-electron chi connectivity index (χ0n) is 10.0. The van der Waals surface area contributed by atoms with Gasteiger partial charge >= 0.3 is 0 Å². The zero-order valence-corrected chi connectivity index (χ0v) is 10.8. The van der Waals surface area contributed by atoms with E-state index in [1.807, 2.05) is 6.92 Å². The quantitative estimate of drug-likeness (QED) is 0.854. The van der Waals surface area contributed by atoms with Crippen LogP contribution in [0.2, 0.25) is 0 Å². The molecule has 0 spiro atoms. The molecule has 0 unspecified atom stereocenters. The second kappa shape index (κ2) is 4.75. The van der Waals surface area contributed by atoms with Gasteiger partial charge in [-0.2, -0.15) is 4.31 Å². The smallest absolute Gasteiger partial charge is 0.214 e. The molecule has 1 N–H and O–H groups in total. The van der Waals surface area contributed by atoms with E-state index >= 15 is 0 Å². The van der Waals surface area contributed by atoms with E-state index in [4.69, 9.17) is 4.74 Å². The summed E-state index contributed by atoms with van der Waals surface area (Å²) in [5, 5.41) is 0. The molecule has 1 aliphatic heterocycles. The molecule has 2 rings (SSSR count). The largest absolute Gasteiger partial charge is 0.378 e. The predicted octanol–water partition coefficient (Wildman–Crippen LogP) is 0.441. The van der Waals surface area contributed by atoms with Gasteiger partial charge in [-0.05, 0) is 13.8 Å². The molecule has 1 saturated heterocycles. The maximum atomic E-state index is 12.0. The number of H-pyrrole nitrogens is 1. The first-order valence-corrected chi connectivity index (χ1v) is 7.24. The molecule has 0 aromatic carbocycles. The van der Waals surface area contributed by atoms with E-state index in [0.717, 1.165) is 5.69 Å². The minimum Gasteiger partial charge on any atom is -0.378 e. The Labute approximate surface area is 101 Å². The lowest BCUT2D eigenvalue weighted by Crippen LogP contribution is -2.44. The monoisotopic (exact) mass is 259 g/mol. The Morgan fingerprint density at radius 1 is 1.65 bits per heavy atom.